The minimum Gasteiger partial charge on any atom is -0.313 e. The molecule has 80 valence electrons. The number of hydrogen-bond donors (Lipinski definition) is 0. The third-order valence-corrected chi connectivity index (χ3v) is 3.26. The smallest absolute Gasteiger partial charge is 0.0876 e. The molecule has 0 amide bonds. The van der Waals surface area contributed by atoms with Gasteiger partial charge in [-0.1, -0.05) is 0 Å². The lowest BCUT2D eigenvalue weighted by molar-refractivity contribution is 1.16. The van der Waals surface area contributed by atoms with Gasteiger partial charge in [-0.25, -0.2) is 4.98 Å². The molecule has 0 unspecified atom stereocenters. The van der Waals surface area contributed by atoms with Crippen molar-refractivity contribution in [3.8, 4) is 0 Å². The summed E-state index contributed by atoms with van der Waals surface area (Å²) >= 11 is 0. The van der Waals surface area contributed by atoms with Crippen LogP contribution in [0.4, 0.5) is 0 Å². The summed E-state index contributed by atoms with van der Waals surface area (Å²) in [5, 5.41) is 0. The van der Waals surface area contributed by atoms with Gasteiger partial charge in [0.1, 0.15) is 0 Å². The molecule has 2 heterocycles. The molecule has 2 aromatic heterocycles. The molecule has 0 radical (unpaired) electrons. The Morgan fingerprint density at radius 1 is 1.00 bits per heavy atom. The zero-order valence-electron chi connectivity index (χ0n) is 9.78. The average molecular weight is 210 g/mol. The number of hydrogen-bond acceptors (Lipinski definition) is 1. The molecule has 2 nitrogen and oxygen atoms in total. The van der Waals surface area contributed by atoms with Crippen LogP contribution in [0.2, 0.25) is 0 Å². The lowest BCUT2D eigenvalue weighted by Crippen LogP contribution is -1.95. The summed E-state index contributed by atoms with van der Waals surface area (Å²) in [6, 6.07) is 8.55. The summed E-state index contributed by atoms with van der Waals surface area (Å²) < 4.78 is 2.21. The van der Waals surface area contributed by atoms with E-state index in [2.05, 4.69) is 60.6 Å². The number of aromatic nitrogens is 2. The summed E-state index contributed by atoms with van der Waals surface area (Å²) in [6.07, 6.45) is 2.10. The van der Waals surface area contributed by atoms with E-state index in [-0.39, 0.29) is 0 Å². The van der Waals surface area contributed by atoms with Crippen LogP contribution in [0.1, 0.15) is 16.8 Å². The zero-order valence-corrected chi connectivity index (χ0v) is 9.78. The second-order valence-corrected chi connectivity index (χ2v) is 4.39. The first-order valence-electron chi connectivity index (χ1n) is 5.51. The minimum atomic E-state index is 1.07. The molecule has 0 fully saturated rings. The Bertz CT molecular complexity index is 693. The van der Waals surface area contributed by atoms with Crippen LogP contribution >= 0.6 is 0 Å². The molecule has 0 aliphatic carbocycles. The van der Waals surface area contributed by atoms with Crippen molar-refractivity contribution in [3.05, 3.63) is 47.3 Å². The Kier molecular flexibility index (Phi) is 1.81. The predicted molar refractivity (Wildman–Crippen MR) is 66.9 cm³/mol. The Balaban J connectivity index is 2.59. The van der Waals surface area contributed by atoms with E-state index in [9.17, 15) is 0 Å². The fraction of sp³-hybridized carbons (Fsp3) is 0.214. The van der Waals surface area contributed by atoms with Crippen LogP contribution in [0.5, 0.6) is 0 Å². The highest BCUT2D eigenvalue weighted by Crippen LogP contribution is 2.21. The Morgan fingerprint density at radius 2 is 1.75 bits per heavy atom. The fourth-order valence-corrected chi connectivity index (χ4v) is 2.19. The number of rotatable bonds is 0. The Labute approximate surface area is 94.5 Å². The SMILES string of the molecule is Cc1cc2nc(C)c3cccn3c2cc1C. The molecule has 0 aliphatic heterocycles. The molecule has 0 saturated heterocycles. The highest BCUT2D eigenvalue weighted by atomic mass is 14.9. The molecule has 0 saturated carbocycles. The Morgan fingerprint density at radius 3 is 2.56 bits per heavy atom. The second kappa shape index (κ2) is 3.08. The maximum Gasteiger partial charge on any atom is 0.0876 e. The van der Waals surface area contributed by atoms with Gasteiger partial charge in [0, 0.05) is 6.20 Å². The minimum absolute atomic E-state index is 1.07. The van der Waals surface area contributed by atoms with Gasteiger partial charge in [0.15, 0.2) is 0 Å². The number of nitrogens with zero attached hydrogens (tertiary/aromatic N) is 2. The molecule has 3 rings (SSSR count). The fourth-order valence-electron chi connectivity index (χ4n) is 2.19. The van der Waals surface area contributed by atoms with Gasteiger partial charge < -0.3 is 4.40 Å². The maximum atomic E-state index is 4.66. The van der Waals surface area contributed by atoms with Gasteiger partial charge in [-0.05, 0) is 56.2 Å². The number of aryl methyl sites for hydroxylation is 3. The van der Waals surface area contributed by atoms with Gasteiger partial charge in [0.05, 0.1) is 22.2 Å². The maximum absolute atomic E-state index is 4.66. The van der Waals surface area contributed by atoms with E-state index in [1.54, 1.807) is 0 Å². The molecule has 1 aromatic carbocycles. The van der Waals surface area contributed by atoms with Crippen molar-refractivity contribution in [2.24, 2.45) is 0 Å². The van der Waals surface area contributed by atoms with Crippen molar-refractivity contribution < 1.29 is 0 Å². The summed E-state index contributed by atoms with van der Waals surface area (Å²) in [5.41, 5.74) is 7.15. The molecule has 0 N–H and O–H groups in total. The van der Waals surface area contributed by atoms with Crippen molar-refractivity contribution in [2.75, 3.05) is 0 Å². The average Bonchev–Trinajstić information content (AvgIpc) is 2.71. The van der Waals surface area contributed by atoms with E-state index >= 15 is 0 Å². The van der Waals surface area contributed by atoms with Crippen molar-refractivity contribution in [2.45, 2.75) is 20.8 Å². The third kappa shape index (κ3) is 1.16. The van der Waals surface area contributed by atoms with E-state index in [4.69, 9.17) is 0 Å². The highest BCUT2D eigenvalue weighted by molar-refractivity contribution is 5.81. The van der Waals surface area contributed by atoms with Crippen LogP contribution in [-0.4, -0.2) is 9.38 Å². The van der Waals surface area contributed by atoms with Crippen molar-refractivity contribution in [1.29, 1.82) is 0 Å². The summed E-state index contributed by atoms with van der Waals surface area (Å²) in [7, 11) is 0. The largest absolute Gasteiger partial charge is 0.313 e. The normalized spacial score (nSPS) is 11.4. The molecular formula is C14H14N2. The highest BCUT2D eigenvalue weighted by Gasteiger charge is 2.06. The molecule has 0 atom stereocenters. The van der Waals surface area contributed by atoms with Gasteiger partial charge in [-0.15, -0.1) is 0 Å². The van der Waals surface area contributed by atoms with Crippen LogP contribution in [0.15, 0.2) is 30.5 Å². The first kappa shape index (κ1) is 9.40. The van der Waals surface area contributed by atoms with Crippen molar-refractivity contribution in [1.82, 2.24) is 9.38 Å². The number of fused-ring (bicyclic) bond motifs is 3. The standard InChI is InChI=1S/C14H14N2/c1-9-7-12-14(8-10(9)2)16-6-4-5-13(16)11(3)15-12/h4-8H,1-3H3. The first-order chi connectivity index (χ1) is 7.66. The molecule has 0 spiro atoms. The molecule has 2 heteroatoms. The predicted octanol–water partition coefficient (Wildman–Crippen LogP) is 3.41. The van der Waals surface area contributed by atoms with Crippen LogP contribution in [0, 0.1) is 20.8 Å². The van der Waals surface area contributed by atoms with Gasteiger partial charge >= 0.3 is 0 Å². The topological polar surface area (TPSA) is 17.3 Å². The van der Waals surface area contributed by atoms with Crippen LogP contribution in [0.25, 0.3) is 16.6 Å². The first-order valence-corrected chi connectivity index (χ1v) is 5.51. The van der Waals surface area contributed by atoms with E-state index in [0.717, 1.165) is 11.2 Å². The zero-order chi connectivity index (χ0) is 11.3. The second-order valence-electron chi connectivity index (χ2n) is 4.39. The quantitative estimate of drug-likeness (QED) is 0.555. The molecule has 0 bridgehead atoms. The van der Waals surface area contributed by atoms with Gasteiger partial charge in [0.25, 0.3) is 0 Å². The number of benzene rings is 1. The van der Waals surface area contributed by atoms with Gasteiger partial charge in [-0.3, -0.25) is 0 Å². The molecular weight excluding hydrogens is 196 g/mol. The van der Waals surface area contributed by atoms with E-state index in [1.807, 2.05) is 0 Å². The van der Waals surface area contributed by atoms with Crippen LogP contribution < -0.4 is 0 Å². The van der Waals surface area contributed by atoms with Crippen LogP contribution in [-0.2, 0) is 0 Å². The molecule has 0 aliphatic rings. The molecule has 16 heavy (non-hydrogen) atoms. The lowest BCUT2D eigenvalue weighted by Gasteiger charge is -2.08. The monoisotopic (exact) mass is 210 g/mol. The van der Waals surface area contributed by atoms with Gasteiger partial charge in [0.2, 0.25) is 0 Å². The summed E-state index contributed by atoms with van der Waals surface area (Å²) in [4.78, 5) is 4.66. The van der Waals surface area contributed by atoms with Gasteiger partial charge in [-0.2, -0.15) is 0 Å². The van der Waals surface area contributed by atoms with E-state index in [0.29, 0.717) is 0 Å². The third-order valence-electron chi connectivity index (χ3n) is 3.26. The van der Waals surface area contributed by atoms with E-state index in [1.165, 1.54) is 22.2 Å². The Hall–Kier alpha value is -1.83. The van der Waals surface area contributed by atoms with Crippen molar-refractivity contribution in [3.63, 3.8) is 0 Å². The summed E-state index contributed by atoms with van der Waals surface area (Å²) in [6.45, 7) is 6.33. The van der Waals surface area contributed by atoms with Crippen molar-refractivity contribution >= 4 is 16.6 Å². The lowest BCUT2D eigenvalue weighted by atomic mass is 10.1. The molecule has 3 aromatic rings. The van der Waals surface area contributed by atoms with Crippen LogP contribution in [0.3, 0.4) is 0 Å². The summed E-state index contributed by atoms with van der Waals surface area (Å²) in [5.74, 6) is 0. The van der Waals surface area contributed by atoms with E-state index < -0.39 is 0 Å².